The monoisotopic (exact) mass is 320 g/mol. The average Bonchev–Trinajstić information content (AvgIpc) is 3.07. The van der Waals surface area contributed by atoms with Crippen molar-refractivity contribution in [3.05, 3.63) is 17.7 Å². The summed E-state index contributed by atoms with van der Waals surface area (Å²) in [5.74, 6) is 1.49. The summed E-state index contributed by atoms with van der Waals surface area (Å²) in [6.07, 6.45) is 12.0. The van der Waals surface area contributed by atoms with Gasteiger partial charge in [0.05, 0.1) is 12.1 Å². The van der Waals surface area contributed by atoms with E-state index in [9.17, 15) is 0 Å². The van der Waals surface area contributed by atoms with Crippen molar-refractivity contribution >= 4 is 0 Å². The molecule has 1 saturated carbocycles. The Balaban J connectivity index is 1.56. The number of nitrogens with two attached hydrogens (primary N) is 1. The fourth-order valence-corrected chi connectivity index (χ4v) is 4.11. The van der Waals surface area contributed by atoms with Crippen LogP contribution in [-0.2, 0) is 4.74 Å². The van der Waals surface area contributed by atoms with Gasteiger partial charge in [-0.15, -0.1) is 0 Å². The van der Waals surface area contributed by atoms with E-state index < -0.39 is 0 Å². The zero-order valence-corrected chi connectivity index (χ0v) is 14.4. The van der Waals surface area contributed by atoms with Crippen LogP contribution in [0.3, 0.4) is 0 Å². The summed E-state index contributed by atoms with van der Waals surface area (Å²) in [6.45, 7) is 4.02. The second-order valence-electron chi connectivity index (χ2n) is 7.15. The summed E-state index contributed by atoms with van der Waals surface area (Å²) in [6, 6.07) is 0.551. The molecule has 5 heteroatoms. The number of nitrogens with zero attached hydrogens (tertiary/aromatic N) is 1. The Bertz CT molecular complexity index is 467. The molecule has 0 bridgehead atoms. The fraction of sp³-hybridized carbons (Fsp3) is 0.833. The molecule has 1 aromatic rings. The summed E-state index contributed by atoms with van der Waals surface area (Å²) < 4.78 is 5.82. The molecule has 2 fully saturated rings. The first kappa shape index (κ1) is 16.9. The van der Waals surface area contributed by atoms with Crippen LogP contribution in [0.25, 0.3) is 0 Å². The minimum Gasteiger partial charge on any atom is -0.378 e. The van der Waals surface area contributed by atoms with Crippen molar-refractivity contribution in [3.63, 3.8) is 0 Å². The van der Waals surface area contributed by atoms with Crippen molar-refractivity contribution in [1.29, 1.82) is 0 Å². The van der Waals surface area contributed by atoms with E-state index in [4.69, 9.17) is 10.5 Å². The van der Waals surface area contributed by atoms with Crippen LogP contribution in [0.2, 0.25) is 0 Å². The van der Waals surface area contributed by atoms with Gasteiger partial charge in [-0.25, -0.2) is 4.98 Å². The minimum absolute atomic E-state index is 0.00521. The molecular formula is C18H32N4O. The maximum Gasteiger partial charge on any atom is 0.123 e. The number of H-pyrrole nitrogens is 1. The number of hydrogen-bond donors (Lipinski definition) is 3. The smallest absolute Gasteiger partial charge is 0.123 e. The number of ether oxygens (including phenoxy) is 1. The third-order valence-corrected chi connectivity index (χ3v) is 5.39. The van der Waals surface area contributed by atoms with Crippen LogP contribution >= 0.6 is 0 Å². The molecule has 23 heavy (non-hydrogen) atoms. The lowest BCUT2D eigenvalue weighted by Gasteiger charge is -2.28. The number of piperidine rings is 1. The van der Waals surface area contributed by atoms with Gasteiger partial charge in [0.1, 0.15) is 5.82 Å². The number of imidazole rings is 1. The molecule has 4 N–H and O–H groups in total. The highest BCUT2D eigenvalue weighted by molar-refractivity contribution is 5.11. The molecule has 4 atom stereocenters. The normalized spacial score (nSPS) is 30.3. The molecule has 1 saturated heterocycles. The van der Waals surface area contributed by atoms with Crippen molar-refractivity contribution in [2.45, 2.75) is 82.4 Å². The molecule has 0 spiro atoms. The highest BCUT2D eigenvalue weighted by Gasteiger charge is 2.26. The molecule has 0 aromatic carbocycles. The Morgan fingerprint density at radius 3 is 3.00 bits per heavy atom. The van der Waals surface area contributed by atoms with Crippen molar-refractivity contribution < 1.29 is 4.74 Å². The molecular weight excluding hydrogens is 288 g/mol. The summed E-state index contributed by atoms with van der Waals surface area (Å²) in [5, 5.41) is 3.57. The van der Waals surface area contributed by atoms with Gasteiger partial charge in [0, 0.05) is 30.5 Å². The van der Waals surface area contributed by atoms with Crippen molar-refractivity contribution in [1.82, 2.24) is 15.3 Å². The molecule has 0 amide bonds. The third-order valence-electron chi connectivity index (χ3n) is 5.39. The predicted octanol–water partition coefficient (Wildman–Crippen LogP) is 3.00. The predicted molar refractivity (Wildman–Crippen MR) is 92.4 cm³/mol. The molecule has 2 heterocycles. The van der Waals surface area contributed by atoms with Crippen molar-refractivity contribution in [2.24, 2.45) is 5.73 Å². The Kier molecular flexibility index (Phi) is 6.08. The van der Waals surface area contributed by atoms with Crippen LogP contribution in [0.15, 0.2) is 6.20 Å². The highest BCUT2D eigenvalue weighted by Crippen LogP contribution is 2.33. The fourth-order valence-electron chi connectivity index (χ4n) is 4.11. The molecule has 3 rings (SSSR count). The van der Waals surface area contributed by atoms with E-state index in [2.05, 4.69) is 22.2 Å². The molecule has 130 valence electrons. The molecule has 3 unspecified atom stereocenters. The summed E-state index contributed by atoms with van der Waals surface area (Å²) >= 11 is 0. The molecule has 1 aliphatic heterocycles. The first-order chi connectivity index (χ1) is 11.3. The van der Waals surface area contributed by atoms with Crippen molar-refractivity contribution in [2.75, 3.05) is 13.2 Å². The van der Waals surface area contributed by atoms with Gasteiger partial charge in [0.25, 0.3) is 0 Å². The Morgan fingerprint density at radius 1 is 1.30 bits per heavy atom. The number of hydrogen-bond acceptors (Lipinski definition) is 4. The van der Waals surface area contributed by atoms with Crippen LogP contribution in [-0.4, -0.2) is 35.3 Å². The molecule has 1 aliphatic carbocycles. The van der Waals surface area contributed by atoms with Gasteiger partial charge in [-0.05, 0) is 52.0 Å². The van der Waals surface area contributed by atoms with Gasteiger partial charge in [-0.1, -0.05) is 12.8 Å². The lowest BCUT2D eigenvalue weighted by molar-refractivity contribution is 0.0304. The zero-order valence-electron chi connectivity index (χ0n) is 14.4. The largest absolute Gasteiger partial charge is 0.378 e. The zero-order chi connectivity index (χ0) is 16.1. The average molecular weight is 320 g/mol. The summed E-state index contributed by atoms with van der Waals surface area (Å²) in [4.78, 5) is 8.09. The molecule has 5 nitrogen and oxygen atoms in total. The number of nitrogens with one attached hydrogen (secondary N) is 2. The van der Waals surface area contributed by atoms with Crippen LogP contribution < -0.4 is 11.1 Å². The van der Waals surface area contributed by atoms with E-state index in [0.717, 1.165) is 31.8 Å². The number of rotatable bonds is 6. The van der Waals surface area contributed by atoms with Crippen LogP contribution in [0, 0.1) is 0 Å². The van der Waals surface area contributed by atoms with Gasteiger partial charge in [0.2, 0.25) is 0 Å². The topological polar surface area (TPSA) is 76.0 Å². The first-order valence-electron chi connectivity index (χ1n) is 9.41. The summed E-state index contributed by atoms with van der Waals surface area (Å²) in [7, 11) is 0. The lowest BCUT2D eigenvalue weighted by Crippen LogP contribution is -2.36. The first-order valence-corrected chi connectivity index (χ1v) is 9.41. The van der Waals surface area contributed by atoms with Crippen LogP contribution in [0.5, 0.6) is 0 Å². The van der Waals surface area contributed by atoms with Crippen molar-refractivity contribution in [3.8, 4) is 0 Å². The summed E-state index contributed by atoms with van der Waals surface area (Å²) in [5.41, 5.74) is 7.63. The second-order valence-corrected chi connectivity index (χ2v) is 7.15. The Hall–Kier alpha value is -0.910. The van der Waals surface area contributed by atoms with Gasteiger partial charge in [-0.2, -0.15) is 0 Å². The van der Waals surface area contributed by atoms with Crippen LogP contribution in [0.4, 0.5) is 0 Å². The lowest BCUT2D eigenvalue weighted by atomic mass is 9.85. The van der Waals surface area contributed by atoms with E-state index >= 15 is 0 Å². The van der Waals surface area contributed by atoms with Gasteiger partial charge < -0.3 is 20.8 Å². The van der Waals surface area contributed by atoms with Crippen LogP contribution in [0.1, 0.15) is 81.8 Å². The van der Waals surface area contributed by atoms with E-state index in [-0.39, 0.29) is 6.04 Å². The van der Waals surface area contributed by atoms with E-state index in [1.165, 1.54) is 44.2 Å². The minimum atomic E-state index is 0.00521. The maximum atomic E-state index is 6.39. The van der Waals surface area contributed by atoms with Gasteiger partial charge >= 0.3 is 0 Å². The van der Waals surface area contributed by atoms with E-state index in [1.807, 2.05) is 6.20 Å². The van der Waals surface area contributed by atoms with E-state index in [1.54, 1.807) is 0 Å². The van der Waals surface area contributed by atoms with Gasteiger partial charge in [0.15, 0.2) is 0 Å². The quantitative estimate of drug-likeness (QED) is 0.753. The number of aromatic amines is 1. The Labute approximate surface area is 139 Å². The third kappa shape index (κ3) is 4.55. The number of aromatic nitrogens is 2. The molecule has 2 aliphatic rings. The molecule has 0 radical (unpaired) electrons. The molecule has 1 aromatic heterocycles. The standard InChI is InChI=1S/C18H32N4O/c1-2-23-15-8-5-6-13(10-15)17-12-21-18(22-17)16(19)11-14-7-3-4-9-20-14/h12-16,20H,2-11,19H2,1H3,(H,21,22)/t13?,14?,15?,16-/m0/s1. The van der Waals surface area contributed by atoms with E-state index in [0.29, 0.717) is 18.1 Å². The maximum absolute atomic E-state index is 6.39. The Morgan fingerprint density at radius 2 is 2.22 bits per heavy atom. The highest BCUT2D eigenvalue weighted by atomic mass is 16.5. The van der Waals surface area contributed by atoms with Gasteiger partial charge in [-0.3, -0.25) is 0 Å². The SMILES string of the molecule is CCOC1CCCC(c2cnc([C@@H](N)CC3CCCCN3)[nH]2)C1. The second kappa shape index (κ2) is 8.27.